The Labute approximate surface area is 211 Å². The third-order valence-corrected chi connectivity index (χ3v) is 5.62. The highest BCUT2D eigenvalue weighted by molar-refractivity contribution is 5.91. The van der Waals surface area contributed by atoms with Crippen molar-refractivity contribution < 1.29 is 4.39 Å². The number of allylic oxidation sites excluding steroid dienone is 8. The number of aromatic amines is 1. The molecule has 4 rings (SSSR count). The van der Waals surface area contributed by atoms with E-state index in [1.165, 1.54) is 6.20 Å². The molecule has 0 atom stereocenters. The van der Waals surface area contributed by atoms with Crippen molar-refractivity contribution in [3.8, 4) is 12.8 Å². The number of hydrogen-bond acceptors (Lipinski definition) is 5. The number of halogens is 1. The highest BCUT2D eigenvalue weighted by Gasteiger charge is 2.19. The zero-order valence-electron chi connectivity index (χ0n) is 20.8. The molecule has 184 valence electrons. The summed E-state index contributed by atoms with van der Waals surface area (Å²) < 4.78 is 15.7. The van der Waals surface area contributed by atoms with Crippen LogP contribution < -0.4 is 11.1 Å². The predicted octanol–water partition coefficient (Wildman–Crippen LogP) is 5.73. The number of nitrogens with two attached hydrogens (primary N) is 1. The van der Waals surface area contributed by atoms with E-state index in [1.807, 2.05) is 39.0 Å². The van der Waals surface area contributed by atoms with E-state index in [0.29, 0.717) is 28.2 Å². The maximum atomic E-state index is 15.7. The van der Waals surface area contributed by atoms with Crippen LogP contribution in [-0.4, -0.2) is 26.0 Å². The number of aromatic nitrogens is 4. The molecule has 0 saturated carbocycles. The molecule has 0 aromatic carbocycles. The van der Waals surface area contributed by atoms with E-state index in [4.69, 9.17) is 5.73 Å². The summed E-state index contributed by atoms with van der Waals surface area (Å²) in [6.07, 6.45) is 24.0. The normalized spacial score (nSPS) is 13.5. The molecule has 0 unspecified atom stereocenters. The second-order valence-corrected chi connectivity index (χ2v) is 8.41. The zero-order chi connectivity index (χ0) is 26.2. The lowest BCUT2D eigenvalue weighted by Crippen LogP contribution is -2.20. The van der Waals surface area contributed by atoms with E-state index in [1.54, 1.807) is 12.3 Å². The lowest BCUT2D eigenvalue weighted by atomic mass is 10.0. The van der Waals surface area contributed by atoms with Crippen LogP contribution in [0, 0.1) is 18.7 Å². The van der Waals surface area contributed by atoms with Gasteiger partial charge in [-0.25, -0.2) is 19.3 Å². The van der Waals surface area contributed by atoms with E-state index < -0.39 is 5.82 Å². The molecular formula is C29H31FN6. The maximum absolute atomic E-state index is 15.7. The number of nitrogens with zero attached hydrogens (tertiary/aromatic N) is 3. The van der Waals surface area contributed by atoms with E-state index >= 15 is 4.39 Å². The molecule has 0 saturated heterocycles. The Hall–Kier alpha value is -4.44. The fraction of sp³-hybridized carbons (Fsp3) is 0.207. The summed E-state index contributed by atoms with van der Waals surface area (Å²) in [5.41, 5.74) is 11.8. The van der Waals surface area contributed by atoms with Gasteiger partial charge in [0, 0.05) is 47.2 Å². The predicted molar refractivity (Wildman–Crippen MR) is 147 cm³/mol. The largest absolute Gasteiger partial charge is 0.383 e. The lowest BCUT2D eigenvalue weighted by Gasteiger charge is -2.14. The van der Waals surface area contributed by atoms with Crippen LogP contribution in [0.1, 0.15) is 49.7 Å². The minimum atomic E-state index is -0.417. The van der Waals surface area contributed by atoms with Crippen LogP contribution in [-0.2, 0) is 6.42 Å². The second kappa shape index (κ2) is 11.8. The number of anilines is 1. The molecule has 3 aromatic heterocycles. The summed E-state index contributed by atoms with van der Waals surface area (Å²) >= 11 is 0. The number of hydrogen-bond donors (Lipinski definition) is 3. The van der Waals surface area contributed by atoms with Gasteiger partial charge in [-0.1, -0.05) is 30.9 Å². The molecular weight excluding hydrogens is 451 g/mol. The first-order valence-electron chi connectivity index (χ1n) is 11.7. The van der Waals surface area contributed by atoms with Gasteiger partial charge >= 0.3 is 0 Å². The number of terminal acetylenes is 1. The Morgan fingerprint density at radius 1 is 1.33 bits per heavy atom. The van der Waals surface area contributed by atoms with Crippen molar-refractivity contribution in [1.29, 1.82) is 0 Å². The minimum Gasteiger partial charge on any atom is -0.383 e. The summed E-state index contributed by atoms with van der Waals surface area (Å²) in [4.78, 5) is 16.6. The van der Waals surface area contributed by atoms with Gasteiger partial charge in [0.1, 0.15) is 17.5 Å². The first kappa shape index (κ1) is 26.2. The standard InChI is InChI=1S/C27H29FN6.C2H2/c1-5-17(13-19(6-2)32-16(3)4)22-15-31-26(29)21(24(22)28)14-23-33-25-20(18-9-7-8-10-18)11-12-30-27(25)34-23;1-2/h5-7,9-13,15-16,32H,2,8,14H2,1,3-4H3,(H2,29,31)(H,30,33,34);1-2H/b17-5+,19-13+;. The molecule has 0 amide bonds. The maximum Gasteiger partial charge on any atom is 0.178 e. The summed E-state index contributed by atoms with van der Waals surface area (Å²) in [7, 11) is 0. The zero-order valence-corrected chi connectivity index (χ0v) is 20.8. The van der Waals surface area contributed by atoms with Crippen molar-refractivity contribution in [1.82, 2.24) is 25.3 Å². The number of imidazole rings is 1. The van der Waals surface area contributed by atoms with Gasteiger partial charge in [-0.2, -0.15) is 0 Å². The Kier molecular flexibility index (Phi) is 8.58. The van der Waals surface area contributed by atoms with Crippen LogP contribution in [0.3, 0.4) is 0 Å². The molecule has 1 aliphatic rings. The van der Waals surface area contributed by atoms with Crippen LogP contribution >= 0.6 is 0 Å². The van der Waals surface area contributed by atoms with Gasteiger partial charge in [-0.15, -0.1) is 12.8 Å². The average Bonchev–Trinajstić information content (AvgIpc) is 3.55. The number of H-pyrrole nitrogens is 1. The second-order valence-electron chi connectivity index (χ2n) is 8.41. The number of nitrogens with one attached hydrogen (secondary N) is 2. The van der Waals surface area contributed by atoms with E-state index in [-0.39, 0.29) is 18.3 Å². The van der Waals surface area contributed by atoms with Crippen LogP contribution in [0.2, 0.25) is 0 Å². The Morgan fingerprint density at radius 3 is 2.75 bits per heavy atom. The first-order chi connectivity index (χ1) is 17.4. The van der Waals surface area contributed by atoms with Crippen molar-refractivity contribution in [2.75, 3.05) is 5.73 Å². The first-order valence-corrected chi connectivity index (χ1v) is 11.7. The number of rotatable bonds is 8. The smallest absolute Gasteiger partial charge is 0.178 e. The van der Waals surface area contributed by atoms with Crippen molar-refractivity contribution in [3.63, 3.8) is 0 Å². The molecule has 0 spiro atoms. The third-order valence-electron chi connectivity index (χ3n) is 5.62. The highest BCUT2D eigenvalue weighted by atomic mass is 19.1. The van der Waals surface area contributed by atoms with Crippen molar-refractivity contribution >= 4 is 28.1 Å². The van der Waals surface area contributed by atoms with Gasteiger partial charge < -0.3 is 16.0 Å². The molecule has 0 bridgehead atoms. The average molecular weight is 483 g/mol. The molecule has 6 nitrogen and oxygen atoms in total. The monoisotopic (exact) mass is 482 g/mol. The summed E-state index contributed by atoms with van der Waals surface area (Å²) in [5.74, 6) is 0.299. The number of fused-ring (bicyclic) bond motifs is 1. The fourth-order valence-electron chi connectivity index (χ4n) is 4.00. The van der Waals surface area contributed by atoms with Gasteiger partial charge in [-0.05, 0) is 56.6 Å². The van der Waals surface area contributed by atoms with Crippen LogP contribution in [0.5, 0.6) is 0 Å². The van der Waals surface area contributed by atoms with Gasteiger partial charge in [0.2, 0.25) is 0 Å². The van der Waals surface area contributed by atoms with Gasteiger partial charge in [0.15, 0.2) is 5.65 Å². The highest BCUT2D eigenvalue weighted by Crippen LogP contribution is 2.29. The van der Waals surface area contributed by atoms with Gasteiger partial charge in [0.05, 0.1) is 5.52 Å². The Morgan fingerprint density at radius 2 is 2.11 bits per heavy atom. The SMILES string of the molecule is C#C.C=C/C(=C\C(=C/C)c1cnc(N)c(Cc2nc3nccc(C4=CCC=C4)c3[nH]2)c1F)NC(C)C. The quantitative estimate of drug-likeness (QED) is 0.282. The van der Waals surface area contributed by atoms with Crippen LogP contribution in [0.4, 0.5) is 10.2 Å². The molecule has 7 heteroatoms. The van der Waals surface area contributed by atoms with Crippen molar-refractivity contribution in [3.05, 3.63) is 95.5 Å². The Balaban J connectivity index is 0.00000176. The molecule has 0 aliphatic heterocycles. The minimum absolute atomic E-state index is 0.139. The van der Waals surface area contributed by atoms with Crippen LogP contribution in [0.25, 0.3) is 22.3 Å². The van der Waals surface area contributed by atoms with Crippen LogP contribution in [0.15, 0.2) is 67.2 Å². The summed E-state index contributed by atoms with van der Waals surface area (Å²) in [6, 6.07) is 2.17. The van der Waals surface area contributed by atoms with E-state index in [9.17, 15) is 0 Å². The Bertz CT molecular complexity index is 1400. The third kappa shape index (κ3) is 5.61. The molecule has 1 aliphatic carbocycles. The van der Waals surface area contributed by atoms with E-state index in [2.05, 4.69) is 62.9 Å². The molecule has 4 N–H and O–H groups in total. The van der Waals surface area contributed by atoms with E-state index in [0.717, 1.165) is 28.8 Å². The topological polar surface area (TPSA) is 92.5 Å². The molecule has 0 fully saturated rings. The molecule has 3 aromatic rings. The lowest BCUT2D eigenvalue weighted by molar-refractivity contribution is 0.607. The number of pyridine rings is 2. The summed E-state index contributed by atoms with van der Waals surface area (Å²) in [5, 5.41) is 3.30. The van der Waals surface area contributed by atoms with Gasteiger partial charge in [-0.3, -0.25) is 0 Å². The van der Waals surface area contributed by atoms with Crippen molar-refractivity contribution in [2.24, 2.45) is 0 Å². The van der Waals surface area contributed by atoms with Gasteiger partial charge in [0.25, 0.3) is 0 Å². The molecule has 3 heterocycles. The number of nitrogen functional groups attached to an aromatic ring is 1. The summed E-state index contributed by atoms with van der Waals surface area (Å²) in [6.45, 7) is 9.77. The fourth-order valence-corrected chi connectivity index (χ4v) is 4.00. The van der Waals surface area contributed by atoms with Crippen molar-refractivity contribution in [2.45, 2.75) is 39.7 Å². The molecule has 36 heavy (non-hydrogen) atoms. The molecule has 0 radical (unpaired) electrons.